The van der Waals surface area contributed by atoms with E-state index in [4.69, 9.17) is 4.74 Å². The Morgan fingerprint density at radius 3 is 2.27 bits per heavy atom. The molecule has 0 radical (unpaired) electrons. The molecule has 5 rings (SSSR count). The zero-order valence-electron chi connectivity index (χ0n) is 22.9. The van der Waals surface area contributed by atoms with Gasteiger partial charge in [-0.2, -0.15) is 4.37 Å². The topological polar surface area (TPSA) is 91.8 Å². The molecule has 0 aliphatic carbocycles. The lowest BCUT2D eigenvalue weighted by Gasteiger charge is -2.26. The first-order chi connectivity index (χ1) is 19.3. The number of amides is 1. The molecule has 0 unspecified atom stereocenters. The first kappa shape index (κ1) is 29.3. The van der Waals surface area contributed by atoms with Crippen molar-refractivity contribution in [2.75, 3.05) is 9.62 Å². The molecule has 41 heavy (non-hydrogen) atoms. The van der Waals surface area contributed by atoms with Gasteiger partial charge in [0.05, 0.1) is 0 Å². The zero-order chi connectivity index (χ0) is 29.5. The highest BCUT2D eigenvalue weighted by atomic mass is 32.2. The Kier molecular flexibility index (Phi) is 8.05. The highest BCUT2D eigenvalue weighted by Crippen LogP contribution is 2.39. The fraction of sp³-hybridized carbons (Fsp3) is 0.429. The maximum absolute atomic E-state index is 15.3. The smallest absolute Gasteiger partial charge is 0.430 e. The number of anilines is 2. The molecule has 8 nitrogen and oxygen atoms in total. The van der Waals surface area contributed by atoms with Crippen LogP contribution in [0.4, 0.5) is 29.5 Å². The third-order valence-electron chi connectivity index (χ3n) is 7.33. The van der Waals surface area contributed by atoms with Crippen molar-refractivity contribution < 1.29 is 31.1 Å². The number of hydrogen-bond donors (Lipinski definition) is 1. The van der Waals surface area contributed by atoms with Crippen molar-refractivity contribution in [1.29, 1.82) is 0 Å². The third-order valence-corrected chi connectivity index (χ3v) is 9.60. The first-order valence-electron chi connectivity index (χ1n) is 13.3. The largest absolute Gasteiger partial charge is 0.443 e. The molecule has 3 aromatic rings. The van der Waals surface area contributed by atoms with Crippen molar-refractivity contribution in [3.8, 4) is 0 Å². The average Bonchev–Trinajstić information content (AvgIpc) is 3.61. The van der Waals surface area contributed by atoms with E-state index in [1.807, 2.05) is 6.07 Å². The van der Waals surface area contributed by atoms with E-state index in [1.54, 1.807) is 6.07 Å². The first-order valence-corrected chi connectivity index (χ1v) is 15.6. The molecule has 2 aliphatic rings. The number of halogens is 3. The lowest BCUT2D eigenvalue weighted by molar-refractivity contribution is 0.0608. The van der Waals surface area contributed by atoms with Crippen molar-refractivity contribution in [1.82, 2.24) is 9.27 Å². The van der Waals surface area contributed by atoms with E-state index in [0.717, 1.165) is 54.9 Å². The van der Waals surface area contributed by atoms with Crippen molar-refractivity contribution in [3.63, 3.8) is 0 Å². The Hall–Kier alpha value is -3.16. The molecule has 13 heteroatoms. The minimum atomic E-state index is -5.11. The van der Waals surface area contributed by atoms with Gasteiger partial charge in [-0.25, -0.2) is 26.4 Å². The highest BCUT2D eigenvalue weighted by Gasteiger charge is 2.40. The van der Waals surface area contributed by atoms with Crippen LogP contribution in [0.2, 0.25) is 0 Å². The molecule has 2 aromatic carbocycles. The molecule has 2 saturated heterocycles. The molecule has 1 amide bonds. The number of ether oxygens (including phenoxy) is 1. The van der Waals surface area contributed by atoms with Crippen LogP contribution < -0.4 is 9.62 Å². The van der Waals surface area contributed by atoms with Gasteiger partial charge < -0.3 is 10.1 Å². The van der Waals surface area contributed by atoms with Crippen LogP contribution in [0.5, 0.6) is 0 Å². The number of carbonyl (C=O) groups is 1. The van der Waals surface area contributed by atoms with Gasteiger partial charge in [0.15, 0.2) is 10.7 Å². The second-order valence-corrected chi connectivity index (χ2v) is 13.6. The van der Waals surface area contributed by atoms with Crippen molar-refractivity contribution in [3.05, 3.63) is 70.4 Å². The molecule has 0 spiro atoms. The summed E-state index contributed by atoms with van der Waals surface area (Å²) in [4.78, 5) is 13.9. The predicted octanol–water partition coefficient (Wildman–Crippen LogP) is 6.43. The maximum Gasteiger partial charge on any atom is 0.430 e. The monoisotopic (exact) mass is 608 g/mol. The Balaban J connectivity index is 1.40. The molecule has 0 saturated carbocycles. The van der Waals surface area contributed by atoms with Crippen LogP contribution in [0.3, 0.4) is 0 Å². The Morgan fingerprint density at radius 2 is 1.71 bits per heavy atom. The van der Waals surface area contributed by atoms with Crippen molar-refractivity contribution in [2.24, 2.45) is 0 Å². The lowest BCUT2D eigenvalue weighted by Crippen LogP contribution is -2.41. The van der Waals surface area contributed by atoms with Crippen LogP contribution in [0.15, 0.2) is 46.7 Å². The molecule has 3 heterocycles. The average molecular weight is 609 g/mol. The zero-order valence-corrected chi connectivity index (χ0v) is 24.5. The molecule has 1 N–H and O–H groups in total. The van der Waals surface area contributed by atoms with Crippen LogP contribution in [0.1, 0.15) is 57.6 Å². The molecular weight excluding hydrogens is 577 g/mol. The molecule has 2 bridgehead atoms. The van der Waals surface area contributed by atoms with E-state index >= 15 is 8.78 Å². The number of carbonyl (C=O) groups excluding carboxylic acids is 1. The summed E-state index contributed by atoms with van der Waals surface area (Å²) in [5.41, 5.74) is -0.0263. The summed E-state index contributed by atoms with van der Waals surface area (Å²) >= 11 is 0.851. The van der Waals surface area contributed by atoms with Gasteiger partial charge in [-0.05, 0) is 87.8 Å². The van der Waals surface area contributed by atoms with Gasteiger partial charge in [-0.1, -0.05) is 12.1 Å². The number of nitrogens with one attached hydrogen (secondary N) is 1. The molecule has 0 atom stereocenters. The van der Waals surface area contributed by atoms with Gasteiger partial charge >= 0.3 is 6.09 Å². The number of benzene rings is 2. The van der Waals surface area contributed by atoms with Crippen molar-refractivity contribution in [2.45, 2.75) is 82.1 Å². The molecular formula is C28H31F3N4O4S2. The Morgan fingerprint density at radius 1 is 1.07 bits per heavy atom. The molecule has 2 fully saturated rings. The van der Waals surface area contributed by atoms with E-state index < -0.39 is 44.1 Å². The third kappa shape index (κ3) is 6.07. The fourth-order valence-corrected chi connectivity index (χ4v) is 7.46. The summed E-state index contributed by atoms with van der Waals surface area (Å²) < 4.78 is 81.6. The van der Waals surface area contributed by atoms with Gasteiger partial charge in [-0.15, -0.1) is 4.31 Å². The molecule has 2 aliphatic heterocycles. The standard InChI is InChI=1S/C28H31F3N4O4S2/c1-28(2,3)39-27(36)35(25-11-12-40-33-25)41(37,38)26-23(30)13-18(14-24(26)31)32-15-21-17(5-4-6-22(21)29)16-34-19-7-8-20(34)10-9-19/h4-6,11-14,19-20,32H,7-10,15-16H2,1-3H3. The van der Waals surface area contributed by atoms with Crippen LogP contribution in [-0.2, 0) is 27.8 Å². The van der Waals surface area contributed by atoms with Crippen LogP contribution >= 0.6 is 11.5 Å². The van der Waals surface area contributed by atoms with Crippen molar-refractivity contribution >= 4 is 39.2 Å². The normalized spacial score (nSPS) is 19.0. The minimum absolute atomic E-state index is 0.0704. The number of nitrogens with zero attached hydrogens (tertiary/aromatic N) is 3. The van der Waals surface area contributed by atoms with Gasteiger partial charge in [0.2, 0.25) is 0 Å². The highest BCUT2D eigenvalue weighted by molar-refractivity contribution is 7.93. The number of hydrogen-bond acceptors (Lipinski definition) is 8. The Bertz CT molecular complexity index is 1500. The summed E-state index contributed by atoms with van der Waals surface area (Å²) in [5.74, 6) is -3.67. The maximum atomic E-state index is 15.3. The molecule has 1 aromatic heterocycles. The number of rotatable bonds is 8. The van der Waals surface area contributed by atoms with Gasteiger partial charge in [-0.3, -0.25) is 4.90 Å². The van der Waals surface area contributed by atoms with E-state index in [1.165, 1.54) is 38.3 Å². The summed E-state index contributed by atoms with van der Waals surface area (Å²) in [5, 5.41) is 4.24. The fourth-order valence-electron chi connectivity index (χ4n) is 5.54. The van der Waals surface area contributed by atoms with E-state index in [0.29, 0.717) is 24.2 Å². The van der Waals surface area contributed by atoms with E-state index in [-0.39, 0.29) is 22.4 Å². The predicted molar refractivity (Wildman–Crippen MR) is 150 cm³/mol. The summed E-state index contributed by atoms with van der Waals surface area (Å²) in [6, 6.07) is 8.62. The van der Waals surface area contributed by atoms with Crippen LogP contribution in [0, 0.1) is 17.5 Å². The van der Waals surface area contributed by atoms with E-state index in [9.17, 15) is 17.6 Å². The number of sulfonamides is 1. The summed E-state index contributed by atoms with van der Waals surface area (Å²) in [6.07, 6.45) is 3.18. The minimum Gasteiger partial charge on any atom is -0.443 e. The lowest BCUT2D eigenvalue weighted by atomic mass is 10.0. The second kappa shape index (κ2) is 11.3. The van der Waals surface area contributed by atoms with E-state index in [2.05, 4.69) is 14.6 Å². The second-order valence-electron chi connectivity index (χ2n) is 11.2. The molecule has 220 valence electrons. The number of aromatic nitrogens is 1. The summed E-state index contributed by atoms with van der Waals surface area (Å²) in [6.45, 7) is 5.08. The SMILES string of the molecule is CC(C)(C)OC(=O)N(c1ccsn1)S(=O)(=O)c1c(F)cc(NCc2c(F)cccc2CN2C3CCC2CC3)cc1F. The quantitative estimate of drug-likeness (QED) is 0.315. The Labute approximate surface area is 241 Å². The summed E-state index contributed by atoms with van der Waals surface area (Å²) in [7, 11) is -5.11. The van der Waals surface area contributed by atoms with Crippen LogP contribution in [-0.4, -0.2) is 41.5 Å². The van der Waals surface area contributed by atoms with Crippen LogP contribution in [0.25, 0.3) is 0 Å². The van der Waals surface area contributed by atoms with Gasteiger partial charge in [0, 0.05) is 41.8 Å². The van der Waals surface area contributed by atoms with Gasteiger partial charge in [0.25, 0.3) is 10.0 Å². The number of fused-ring (bicyclic) bond motifs is 2. The van der Waals surface area contributed by atoms with Gasteiger partial charge in [0.1, 0.15) is 23.1 Å².